The number of hydrogen-bond acceptors (Lipinski definition) is 3. The largest absolute Gasteiger partial charge is 0.392 e. The first kappa shape index (κ1) is 14.4. The quantitative estimate of drug-likeness (QED) is 0.759. The van der Waals surface area contributed by atoms with E-state index in [1.54, 1.807) is 0 Å². The van der Waals surface area contributed by atoms with E-state index in [2.05, 4.69) is 11.8 Å². The van der Waals surface area contributed by atoms with Gasteiger partial charge in [-0.15, -0.1) is 0 Å². The van der Waals surface area contributed by atoms with E-state index in [4.69, 9.17) is 18.0 Å². The van der Waals surface area contributed by atoms with Crippen LogP contribution in [0.1, 0.15) is 27.2 Å². The minimum absolute atomic E-state index is 0.0863. The second-order valence-electron chi connectivity index (χ2n) is 4.78. The van der Waals surface area contributed by atoms with Crippen LogP contribution in [-0.2, 0) is 4.79 Å². The summed E-state index contributed by atoms with van der Waals surface area (Å²) in [4.78, 5) is 17.0. The third-order valence-corrected chi connectivity index (χ3v) is 4.28. The molecule has 0 aromatic carbocycles. The van der Waals surface area contributed by atoms with Crippen molar-refractivity contribution in [2.24, 2.45) is 11.1 Å². The lowest BCUT2D eigenvalue weighted by molar-refractivity contribution is -0.139. The minimum Gasteiger partial charge on any atom is -0.392 e. The third-order valence-electron chi connectivity index (χ3n) is 3.83. The molecule has 0 aliphatic carbocycles. The highest BCUT2D eigenvalue weighted by Gasteiger charge is 2.38. The van der Waals surface area contributed by atoms with Crippen LogP contribution in [0.3, 0.4) is 0 Å². The van der Waals surface area contributed by atoms with Crippen molar-refractivity contribution in [3.63, 3.8) is 0 Å². The molecule has 98 valence electrons. The average molecular weight is 257 g/mol. The fourth-order valence-corrected chi connectivity index (χ4v) is 2.28. The molecule has 0 spiro atoms. The molecule has 1 aliphatic rings. The number of piperazine rings is 1. The van der Waals surface area contributed by atoms with Crippen molar-refractivity contribution in [1.82, 2.24) is 9.80 Å². The van der Waals surface area contributed by atoms with Gasteiger partial charge in [0.1, 0.15) is 0 Å². The summed E-state index contributed by atoms with van der Waals surface area (Å²) >= 11 is 5.04. The molecule has 1 atom stereocenters. The fourth-order valence-electron chi connectivity index (χ4n) is 2.05. The number of rotatable bonds is 4. The smallest absolute Gasteiger partial charge is 0.235 e. The van der Waals surface area contributed by atoms with E-state index in [0.29, 0.717) is 11.4 Å². The van der Waals surface area contributed by atoms with Crippen LogP contribution >= 0.6 is 12.2 Å². The van der Waals surface area contributed by atoms with Gasteiger partial charge >= 0.3 is 0 Å². The summed E-state index contributed by atoms with van der Waals surface area (Å²) in [5.74, 6) is 0.0863. The molecule has 5 heteroatoms. The number of hydrogen-bond donors (Lipinski definition) is 1. The standard InChI is InChI=1S/C12H23N3OS/c1-4-12(3,10(13)17)11(16)15-8-6-14(5-2)7-9-15/h4-9H2,1-3H3,(H2,13,17). The van der Waals surface area contributed by atoms with Gasteiger partial charge in [0.15, 0.2) is 0 Å². The van der Waals surface area contributed by atoms with E-state index >= 15 is 0 Å². The van der Waals surface area contributed by atoms with Gasteiger partial charge in [0.05, 0.1) is 10.4 Å². The van der Waals surface area contributed by atoms with E-state index in [1.165, 1.54) is 0 Å². The van der Waals surface area contributed by atoms with Gasteiger partial charge in [0.2, 0.25) is 5.91 Å². The molecular weight excluding hydrogens is 234 g/mol. The highest BCUT2D eigenvalue weighted by molar-refractivity contribution is 7.80. The Morgan fingerprint density at radius 2 is 1.82 bits per heavy atom. The first-order valence-corrected chi connectivity index (χ1v) is 6.68. The summed E-state index contributed by atoms with van der Waals surface area (Å²) in [6.45, 7) is 10.4. The topological polar surface area (TPSA) is 49.6 Å². The maximum Gasteiger partial charge on any atom is 0.235 e. The van der Waals surface area contributed by atoms with E-state index < -0.39 is 5.41 Å². The summed E-state index contributed by atoms with van der Waals surface area (Å²) in [6.07, 6.45) is 0.662. The van der Waals surface area contributed by atoms with Crippen molar-refractivity contribution in [2.75, 3.05) is 32.7 Å². The molecule has 1 amide bonds. The Labute approximate surface area is 109 Å². The Hall–Kier alpha value is -0.680. The predicted octanol–water partition coefficient (Wildman–Crippen LogP) is 0.853. The predicted molar refractivity (Wildman–Crippen MR) is 73.9 cm³/mol. The molecule has 1 saturated heterocycles. The Morgan fingerprint density at radius 3 is 2.18 bits per heavy atom. The number of likely N-dealkylation sites (N-methyl/N-ethyl adjacent to an activating group) is 1. The summed E-state index contributed by atoms with van der Waals surface area (Å²) < 4.78 is 0. The van der Waals surface area contributed by atoms with Crippen LogP contribution in [-0.4, -0.2) is 53.4 Å². The van der Waals surface area contributed by atoms with Gasteiger partial charge in [-0.1, -0.05) is 26.1 Å². The molecule has 4 nitrogen and oxygen atoms in total. The molecule has 1 rings (SSSR count). The summed E-state index contributed by atoms with van der Waals surface area (Å²) in [7, 11) is 0. The second-order valence-corrected chi connectivity index (χ2v) is 5.22. The van der Waals surface area contributed by atoms with E-state index in [0.717, 1.165) is 32.7 Å². The number of nitrogens with two attached hydrogens (primary N) is 1. The number of amides is 1. The van der Waals surface area contributed by atoms with Crippen molar-refractivity contribution in [2.45, 2.75) is 27.2 Å². The zero-order valence-corrected chi connectivity index (χ0v) is 11.8. The van der Waals surface area contributed by atoms with Crippen molar-refractivity contribution >= 4 is 23.1 Å². The Kier molecular flexibility index (Phi) is 4.89. The van der Waals surface area contributed by atoms with E-state index in [1.807, 2.05) is 18.7 Å². The highest BCUT2D eigenvalue weighted by Crippen LogP contribution is 2.25. The normalized spacial score (nSPS) is 21.0. The van der Waals surface area contributed by atoms with Crippen molar-refractivity contribution in [1.29, 1.82) is 0 Å². The van der Waals surface area contributed by atoms with Gasteiger partial charge in [-0.3, -0.25) is 4.79 Å². The van der Waals surface area contributed by atoms with Crippen LogP contribution < -0.4 is 5.73 Å². The Balaban J connectivity index is 2.68. The van der Waals surface area contributed by atoms with Crippen LogP contribution in [0.5, 0.6) is 0 Å². The second kappa shape index (κ2) is 5.78. The fraction of sp³-hybridized carbons (Fsp3) is 0.833. The summed E-state index contributed by atoms with van der Waals surface area (Å²) in [5.41, 5.74) is 5.04. The zero-order valence-electron chi connectivity index (χ0n) is 11.0. The van der Waals surface area contributed by atoms with Gasteiger partial charge in [0, 0.05) is 26.2 Å². The van der Waals surface area contributed by atoms with Gasteiger partial charge in [0.25, 0.3) is 0 Å². The molecule has 1 aliphatic heterocycles. The van der Waals surface area contributed by atoms with Crippen LogP contribution in [0.2, 0.25) is 0 Å². The Morgan fingerprint density at radius 1 is 1.29 bits per heavy atom. The third kappa shape index (κ3) is 2.96. The molecule has 0 bridgehead atoms. The first-order valence-electron chi connectivity index (χ1n) is 6.27. The van der Waals surface area contributed by atoms with Gasteiger partial charge < -0.3 is 15.5 Å². The number of nitrogens with zero attached hydrogens (tertiary/aromatic N) is 2. The monoisotopic (exact) mass is 257 g/mol. The highest BCUT2D eigenvalue weighted by atomic mass is 32.1. The maximum absolute atomic E-state index is 12.4. The van der Waals surface area contributed by atoms with Crippen LogP contribution in [0.25, 0.3) is 0 Å². The number of thiocarbonyl (C=S) groups is 1. The van der Waals surface area contributed by atoms with Crippen LogP contribution in [0, 0.1) is 5.41 Å². The molecular formula is C12H23N3OS. The molecule has 2 N–H and O–H groups in total. The molecule has 0 saturated carbocycles. The summed E-state index contributed by atoms with van der Waals surface area (Å²) in [5, 5.41) is 0. The lowest BCUT2D eigenvalue weighted by Gasteiger charge is -2.38. The van der Waals surface area contributed by atoms with Crippen molar-refractivity contribution in [3.05, 3.63) is 0 Å². The maximum atomic E-state index is 12.4. The average Bonchev–Trinajstić information content (AvgIpc) is 2.36. The molecule has 1 heterocycles. The van der Waals surface area contributed by atoms with Crippen molar-refractivity contribution in [3.8, 4) is 0 Å². The summed E-state index contributed by atoms with van der Waals surface area (Å²) in [6, 6.07) is 0. The lowest BCUT2D eigenvalue weighted by atomic mass is 9.85. The zero-order chi connectivity index (χ0) is 13.1. The lowest BCUT2D eigenvalue weighted by Crippen LogP contribution is -2.55. The van der Waals surface area contributed by atoms with E-state index in [9.17, 15) is 4.79 Å². The van der Waals surface area contributed by atoms with E-state index in [-0.39, 0.29) is 5.91 Å². The molecule has 0 aromatic rings. The number of carbonyl (C=O) groups is 1. The Bertz CT molecular complexity index is 300. The van der Waals surface area contributed by atoms with Crippen LogP contribution in [0.15, 0.2) is 0 Å². The molecule has 0 aromatic heterocycles. The molecule has 1 unspecified atom stereocenters. The molecule has 1 fully saturated rings. The van der Waals surface area contributed by atoms with Crippen molar-refractivity contribution < 1.29 is 4.79 Å². The first-order chi connectivity index (χ1) is 7.95. The van der Waals surface area contributed by atoms with Gasteiger partial charge in [-0.05, 0) is 19.9 Å². The van der Waals surface area contributed by atoms with Crippen LogP contribution in [0.4, 0.5) is 0 Å². The van der Waals surface area contributed by atoms with Gasteiger partial charge in [-0.25, -0.2) is 0 Å². The minimum atomic E-state index is -0.677. The molecule has 17 heavy (non-hydrogen) atoms. The van der Waals surface area contributed by atoms with Gasteiger partial charge in [-0.2, -0.15) is 0 Å². The SMILES string of the molecule is CCN1CCN(C(=O)C(C)(CC)C(N)=S)CC1. The molecule has 0 radical (unpaired) electrons. The number of carbonyl (C=O) groups excluding carboxylic acids is 1.